The number of aryl methyl sites for hydroxylation is 1. The van der Waals surface area contributed by atoms with Crippen LogP contribution in [0.15, 0.2) is 53.4 Å². The normalized spacial score (nSPS) is 19.4. The fourth-order valence-electron chi connectivity index (χ4n) is 4.13. The second-order valence-corrected chi connectivity index (χ2v) is 10.7. The molecule has 3 heterocycles. The monoisotopic (exact) mass is 438 g/mol. The molecule has 0 amide bonds. The number of nitrogens with zero attached hydrogens (tertiary/aromatic N) is 2. The molecule has 0 atom stereocenters. The molecule has 1 aromatic heterocycles. The van der Waals surface area contributed by atoms with Crippen LogP contribution in [0.2, 0.25) is 0 Å². The Bertz CT molecular complexity index is 1250. The van der Waals surface area contributed by atoms with Crippen molar-refractivity contribution < 1.29 is 13.2 Å². The van der Waals surface area contributed by atoms with E-state index in [1.165, 1.54) is 0 Å². The van der Waals surface area contributed by atoms with E-state index < -0.39 is 9.84 Å². The van der Waals surface area contributed by atoms with Gasteiger partial charge in [-0.25, -0.2) is 13.4 Å². The van der Waals surface area contributed by atoms with Crippen molar-refractivity contribution in [3.8, 4) is 0 Å². The SMILES string of the molecule is Cc1ccc2cc(N3CCS(=O)(=O)c4ccccc4C3)nc(NCC3(N)COC3)c2c1. The Morgan fingerprint density at radius 2 is 2.00 bits per heavy atom. The summed E-state index contributed by atoms with van der Waals surface area (Å²) in [4.78, 5) is 7.37. The molecule has 0 bridgehead atoms. The predicted molar refractivity (Wildman–Crippen MR) is 122 cm³/mol. The number of hydrogen-bond acceptors (Lipinski definition) is 7. The maximum atomic E-state index is 12.8. The number of rotatable bonds is 4. The molecular formula is C23H26N4O3S. The maximum Gasteiger partial charge on any atom is 0.180 e. The van der Waals surface area contributed by atoms with Crippen molar-refractivity contribution in [1.29, 1.82) is 0 Å². The van der Waals surface area contributed by atoms with E-state index in [1.807, 2.05) is 23.1 Å². The molecule has 2 aliphatic rings. The smallest absolute Gasteiger partial charge is 0.180 e. The van der Waals surface area contributed by atoms with Crippen LogP contribution < -0.4 is 16.0 Å². The molecule has 0 unspecified atom stereocenters. The third kappa shape index (κ3) is 3.86. The lowest BCUT2D eigenvalue weighted by Crippen LogP contribution is -2.61. The molecule has 0 radical (unpaired) electrons. The van der Waals surface area contributed by atoms with Crippen molar-refractivity contribution >= 4 is 32.2 Å². The molecule has 0 saturated carbocycles. The first-order valence-electron chi connectivity index (χ1n) is 10.4. The van der Waals surface area contributed by atoms with Gasteiger partial charge in [-0.1, -0.05) is 35.9 Å². The summed E-state index contributed by atoms with van der Waals surface area (Å²) in [6.45, 7) is 4.54. The van der Waals surface area contributed by atoms with Crippen LogP contribution >= 0.6 is 0 Å². The highest BCUT2D eigenvalue weighted by atomic mass is 32.2. The first-order chi connectivity index (χ1) is 14.8. The number of anilines is 2. The Hall–Kier alpha value is -2.68. The van der Waals surface area contributed by atoms with E-state index in [2.05, 4.69) is 30.4 Å². The number of benzene rings is 2. The minimum absolute atomic E-state index is 0.0592. The van der Waals surface area contributed by atoms with Crippen LogP contribution in [0.25, 0.3) is 10.8 Å². The topological polar surface area (TPSA) is 97.6 Å². The first kappa shape index (κ1) is 20.2. The van der Waals surface area contributed by atoms with Crippen LogP contribution in [-0.4, -0.2) is 51.0 Å². The highest BCUT2D eigenvalue weighted by molar-refractivity contribution is 7.91. The zero-order chi connectivity index (χ0) is 21.6. The number of sulfone groups is 1. The number of nitrogens with two attached hydrogens (primary N) is 1. The van der Waals surface area contributed by atoms with Gasteiger partial charge in [-0.05, 0) is 36.1 Å². The van der Waals surface area contributed by atoms with Crippen molar-refractivity contribution in [2.24, 2.45) is 5.73 Å². The largest absolute Gasteiger partial charge is 0.377 e. The second kappa shape index (κ2) is 7.47. The third-order valence-corrected chi connectivity index (χ3v) is 7.77. The van der Waals surface area contributed by atoms with Gasteiger partial charge >= 0.3 is 0 Å². The zero-order valence-electron chi connectivity index (χ0n) is 17.5. The quantitative estimate of drug-likeness (QED) is 0.646. The van der Waals surface area contributed by atoms with Crippen molar-refractivity contribution in [2.75, 3.05) is 42.3 Å². The van der Waals surface area contributed by atoms with Crippen LogP contribution in [0.1, 0.15) is 11.1 Å². The molecule has 8 heteroatoms. The molecule has 5 rings (SSSR count). The van der Waals surface area contributed by atoms with Crippen LogP contribution in [0.4, 0.5) is 11.6 Å². The summed E-state index contributed by atoms with van der Waals surface area (Å²) < 4.78 is 30.8. The molecule has 162 valence electrons. The van der Waals surface area contributed by atoms with E-state index in [4.69, 9.17) is 15.5 Å². The molecule has 2 aromatic carbocycles. The van der Waals surface area contributed by atoms with Crippen LogP contribution in [0, 0.1) is 6.92 Å². The summed E-state index contributed by atoms with van der Waals surface area (Å²) >= 11 is 0. The number of aromatic nitrogens is 1. The molecule has 1 fully saturated rings. The summed E-state index contributed by atoms with van der Waals surface area (Å²) in [5.41, 5.74) is 7.88. The van der Waals surface area contributed by atoms with Crippen LogP contribution in [-0.2, 0) is 21.1 Å². The van der Waals surface area contributed by atoms with Crippen molar-refractivity contribution in [3.63, 3.8) is 0 Å². The summed E-state index contributed by atoms with van der Waals surface area (Å²) in [5, 5.41) is 5.50. The fourth-order valence-corrected chi connectivity index (χ4v) is 5.63. The van der Waals surface area contributed by atoms with Gasteiger partial charge in [-0.15, -0.1) is 0 Å². The Morgan fingerprint density at radius 1 is 1.19 bits per heavy atom. The average molecular weight is 439 g/mol. The first-order valence-corrected chi connectivity index (χ1v) is 12.1. The van der Waals surface area contributed by atoms with Gasteiger partial charge < -0.3 is 20.7 Å². The van der Waals surface area contributed by atoms with E-state index in [1.54, 1.807) is 12.1 Å². The number of pyridine rings is 1. The average Bonchev–Trinajstić information content (AvgIpc) is 2.87. The molecule has 3 aromatic rings. The fraction of sp³-hybridized carbons (Fsp3) is 0.348. The Kier molecular flexibility index (Phi) is 4.88. The molecule has 2 aliphatic heterocycles. The molecule has 0 aliphatic carbocycles. The van der Waals surface area contributed by atoms with Crippen LogP contribution in [0.3, 0.4) is 0 Å². The summed E-state index contributed by atoms with van der Waals surface area (Å²) in [6.07, 6.45) is 0. The molecule has 0 spiro atoms. The Morgan fingerprint density at radius 3 is 2.77 bits per heavy atom. The van der Waals surface area contributed by atoms with Gasteiger partial charge in [0.05, 0.1) is 29.4 Å². The van der Waals surface area contributed by atoms with Gasteiger partial charge in [0.15, 0.2) is 9.84 Å². The van der Waals surface area contributed by atoms with Gasteiger partial charge in [0.1, 0.15) is 11.6 Å². The van der Waals surface area contributed by atoms with Crippen LogP contribution in [0.5, 0.6) is 0 Å². The molecule has 7 nitrogen and oxygen atoms in total. The van der Waals surface area contributed by atoms with E-state index in [0.717, 1.165) is 33.5 Å². The van der Waals surface area contributed by atoms with E-state index in [-0.39, 0.29) is 11.3 Å². The lowest BCUT2D eigenvalue weighted by atomic mass is 9.99. The molecule has 1 saturated heterocycles. The Labute approximate surface area is 182 Å². The third-order valence-electron chi connectivity index (χ3n) is 5.98. The number of ether oxygens (including phenoxy) is 1. The predicted octanol–water partition coefficient (Wildman–Crippen LogP) is 2.48. The Balaban J connectivity index is 1.54. The summed E-state index contributed by atoms with van der Waals surface area (Å²) in [7, 11) is -3.32. The number of nitrogens with one attached hydrogen (secondary N) is 1. The summed E-state index contributed by atoms with van der Waals surface area (Å²) in [6, 6.07) is 15.5. The second-order valence-electron chi connectivity index (χ2n) is 8.61. The van der Waals surface area contributed by atoms with Crippen molar-refractivity contribution in [1.82, 2.24) is 4.98 Å². The van der Waals surface area contributed by atoms with Gasteiger partial charge in [0.2, 0.25) is 0 Å². The van der Waals surface area contributed by atoms with Gasteiger partial charge in [-0.3, -0.25) is 0 Å². The minimum Gasteiger partial charge on any atom is -0.377 e. The zero-order valence-corrected chi connectivity index (χ0v) is 18.3. The van der Waals surface area contributed by atoms with Gasteiger partial charge in [0, 0.05) is 25.0 Å². The highest BCUT2D eigenvalue weighted by Crippen LogP contribution is 2.31. The minimum atomic E-state index is -3.32. The molecular weight excluding hydrogens is 412 g/mol. The van der Waals surface area contributed by atoms with E-state index in [0.29, 0.717) is 37.7 Å². The molecule has 31 heavy (non-hydrogen) atoms. The van der Waals surface area contributed by atoms with Gasteiger partial charge in [0.25, 0.3) is 0 Å². The van der Waals surface area contributed by atoms with Gasteiger partial charge in [-0.2, -0.15) is 0 Å². The standard InChI is InChI=1S/C23H26N4O3S/c1-16-6-7-17-11-21(26-22(19(17)10-16)25-13-23(24)14-30-15-23)27-8-9-31(28,29)20-5-3-2-4-18(20)12-27/h2-7,10-11H,8-9,12-15,24H2,1H3,(H,25,26). The lowest BCUT2D eigenvalue weighted by molar-refractivity contribution is -0.0461. The van der Waals surface area contributed by atoms with Crippen molar-refractivity contribution in [2.45, 2.75) is 23.9 Å². The maximum absolute atomic E-state index is 12.8. The summed E-state index contributed by atoms with van der Waals surface area (Å²) in [5.74, 6) is 1.57. The van der Waals surface area contributed by atoms with Crippen molar-refractivity contribution in [3.05, 3.63) is 59.7 Å². The highest BCUT2D eigenvalue weighted by Gasteiger charge is 2.34. The lowest BCUT2D eigenvalue weighted by Gasteiger charge is -2.38. The molecule has 3 N–H and O–H groups in total. The number of fused-ring (bicyclic) bond motifs is 2. The van der Waals surface area contributed by atoms with E-state index in [9.17, 15) is 8.42 Å². The van der Waals surface area contributed by atoms with E-state index >= 15 is 0 Å². The number of hydrogen-bond donors (Lipinski definition) is 2.